The smallest absolute Gasteiger partial charge is 0.212 e. The second-order valence-corrected chi connectivity index (χ2v) is 8.15. The Bertz CT molecular complexity index is 1510. The number of hydrogen-bond acceptors (Lipinski definition) is 5. The van der Waals surface area contributed by atoms with Gasteiger partial charge in [0, 0.05) is 17.8 Å². The Morgan fingerprint density at radius 3 is 2.06 bits per heavy atom. The Morgan fingerprint density at radius 1 is 0.774 bits per heavy atom. The Balaban J connectivity index is 1.37. The van der Waals surface area contributed by atoms with Crippen molar-refractivity contribution in [2.75, 3.05) is 7.11 Å². The Labute approximate surface area is 181 Å². The largest absolute Gasteiger partial charge is 0.481 e. The zero-order valence-corrected chi connectivity index (χ0v) is 17.4. The van der Waals surface area contributed by atoms with Gasteiger partial charge < -0.3 is 14.7 Å². The maximum absolute atomic E-state index is 5.13. The lowest BCUT2D eigenvalue weighted by Crippen LogP contribution is -1.87. The van der Waals surface area contributed by atoms with E-state index in [1.54, 1.807) is 24.6 Å². The van der Waals surface area contributed by atoms with Crippen molar-refractivity contribution in [2.45, 2.75) is 0 Å². The van der Waals surface area contributed by atoms with Gasteiger partial charge in [0.05, 0.1) is 34.1 Å². The molecule has 0 spiro atoms. The molecular formula is C24H17N5OS. The number of pyridine rings is 1. The number of methoxy groups -OCH3 is 1. The molecule has 7 heteroatoms. The number of H-pyrrole nitrogens is 2. The standard InChI is InChI=1S/C24H17N5OS/c1-30-22-9-6-16(13-25-22)23-26-17-7-4-14(11-19(17)28-23)15-5-8-18-20(12-15)29-24(27-18)21-3-2-10-31-21/h2-13H,1H3,(H,26,28)(H,27,29). The lowest BCUT2D eigenvalue weighted by Gasteiger charge is -2.01. The van der Waals surface area contributed by atoms with Gasteiger partial charge in [0.15, 0.2) is 0 Å². The highest BCUT2D eigenvalue weighted by atomic mass is 32.1. The zero-order valence-electron chi connectivity index (χ0n) is 16.6. The number of benzene rings is 2. The normalized spacial score (nSPS) is 11.4. The second kappa shape index (κ2) is 7.07. The number of imidazole rings is 2. The van der Waals surface area contributed by atoms with E-state index in [9.17, 15) is 0 Å². The molecule has 6 rings (SSSR count). The lowest BCUT2D eigenvalue weighted by molar-refractivity contribution is 0.398. The summed E-state index contributed by atoms with van der Waals surface area (Å²) in [6, 6.07) is 20.5. The highest BCUT2D eigenvalue weighted by molar-refractivity contribution is 7.13. The predicted octanol–water partition coefficient (Wildman–Crippen LogP) is 5.91. The molecule has 0 atom stereocenters. The van der Waals surface area contributed by atoms with Crippen LogP contribution in [0.5, 0.6) is 5.88 Å². The summed E-state index contributed by atoms with van der Waals surface area (Å²) in [7, 11) is 1.61. The molecule has 2 aromatic carbocycles. The summed E-state index contributed by atoms with van der Waals surface area (Å²) in [5.74, 6) is 2.27. The number of nitrogens with one attached hydrogen (secondary N) is 2. The highest BCUT2D eigenvalue weighted by Gasteiger charge is 2.10. The monoisotopic (exact) mass is 423 g/mol. The molecule has 0 aliphatic heterocycles. The van der Waals surface area contributed by atoms with Crippen molar-refractivity contribution >= 4 is 33.4 Å². The summed E-state index contributed by atoms with van der Waals surface area (Å²) in [6.07, 6.45) is 1.76. The first-order valence-corrected chi connectivity index (χ1v) is 10.7. The first kappa shape index (κ1) is 17.9. The van der Waals surface area contributed by atoms with Crippen LogP contribution in [-0.2, 0) is 0 Å². The third-order valence-corrected chi connectivity index (χ3v) is 6.15. The van der Waals surface area contributed by atoms with E-state index in [1.165, 1.54) is 0 Å². The number of thiophene rings is 1. The molecule has 0 amide bonds. The van der Waals surface area contributed by atoms with Crippen molar-refractivity contribution in [2.24, 2.45) is 0 Å². The molecule has 0 saturated heterocycles. The third kappa shape index (κ3) is 3.15. The maximum Gasteiger partial charge on any atom is 0.212 e. The summed E-state index contributed by atoms with van der Waals surface area (Å²) in [6.45, 7) is 0. The molecule has 150 valence electrons. The van der Waals surface area contributed by atoms with Crippen molar-refractivity contribution in [3.8, 4) is 39.1 Å². The molecule has 4 aromatic heterocycles. The fraction of sp³-hybridized carbons (Fsp3) is 0.0417. The summed E-state index contributed by atoms with van der Waals surface area (Å²) in [4.78, 5) is 21.7. The molecular weight excluding hydrogens is 406 g/mol. The van der Waals surface area contributed by atoms with Gasteiger partial charge in [0.1, 0.15) is 11.6 Å². The van der Waals surface area contributed by atoms with Crippen LogP contribution in [0, 0.1) is 0 Å². The van der Waals surface area contributed by atoms with Crippen molar-refractivity contribution in [3.63, 3.8) is 0 Å². The van der Waals surface area contributed by atoms with Gasteiger partial charge in [-0.05, 0) is 52.9 Å². The fourth-order valence-corrected chi connectivity index (χ4v) is 4.36. The van der Waals surface area contributed by atoms with Crippen LogP contribution in [0.15, 0.2) is 72.2 Å². The van der Waals surface area contributed by atoms with E-state index in [1.807, 2.05) is 24.3 Å². The number of aromatic amines is 2. The molecule has 4 heterocycles. The fourth-order valence-electron chi connectivity index (χ4n) is 3.69. The van der Waals surface area contributed by atoms with E-state index in [0.29, 0.717) is 5.88 Å². The third-order valence-electron chi connectivity index (χ3n) is 5.27. The van der Waals surface area contributed by atoms with Gasteiger partial charge in [-0.25, -0.2) is 15.0 Å². The number of ether oxygens (including phenoxy) is 1. The molecule has 6 aromatic rings. The van der Waals surface area contributed by atoms with Crippen LogP contribution in [0.25, 0.3) is 55.3 Å². The highest BCUT2D eigenvalue weighted by Crippen LogP contribution is 2.30. The Kier molecular flexibility index (Phi) is 4.07. The van der Waals surface area contributed by atoms with E-state index >= 15 is 0 Å². The van der Waals surface area contributed by atoms with Crippen LogP contribution in [0.4, 0.5) is 0 Å². The van der Waals surface area contributed by atoms with Gasteiger partial charge in [-0.1, -0.05) is 18.2 Å². The molecule has 0 bridgehead atoms. The van der Waals surface area contributed by atoms with Gasteiger partial charge >= 0.3 is 0 Å². The number of fused-ring (bicyclic) bond motifs is 2. The van der Waals surface area contributed by atoms with Crippen LogP contribution in [0.2, 0.25) is 0 Å². The number of aromatic nitrogens is 5. The van der Waals surface area contributed by atoms with E-state index in [0.717, 1.165) is 55.3 Å². The molecule has 0 unspecified atom stereocenters. The number of nitrogens with zero attached hydrogens (tertiary/aromatic N) is 3. The van der Waals surface area contributed by atoms with Crippen LogP contribution in [-0.4, -0.2) is 32.0 Å². The summed E-state index contributed by atoms with van der Waals surface area (Å²) in [5, 5.41) is 2.06. The van der Waals surface area contributed by atoms with E-state index in [-0.39, 0.29) is 0 Å². The van der Waals surface area contributed by atoms with Crippen molar-refractivity contribution in [3.05, 3.63) is 72.2 Å². The van der Waals surface area contributed by atoms with Crippen LogP contribution in [0.1, 0.15) is 0 Å². The minimum atomic E-state index is 0.582. The molecule has 0 fully saturated rings. The number of hydrogen-bond donors (Lipinski definition) is 2. The molecule has 6 nitrogen and oxygen atoms in total. The lowest BCUT2D eigenvalue weighted by atomic mass is 10.0. The molecule has 0 aliphatic carbocycles. The van der Waals surface area contributed by atoms with Crippen molar-refractivity contribution in [1.82, 2.24) is 24.9 Å². The van der Waals surface area contributed by atoms with Crippen LogP contribution >= 0.6 is 11.3 Å². The van der Waals surface area contributed by atoms with Crippen LogP contribution < -0.4 is 4.74 Å². The molecule has 0 saturated carbocycles. The minimum absolute atomic E-state index is 0.582. The average Bonchev–Trinajstić information content (AvgIpc) is 3.57. The quantitative estimate of drug-likeness (QED) is 0.370. The first-order valence-electron chi connectivity index (χ1n) is 9.81. The topological polar surface area (TPSA) is 79.5 Å². The molecule has 2 N–H and O–H groups in total. The maximum atomic E-state index is 5.13. The van der Waals surface area contributed by atoms with E-state index in [4.69, 9.17) is 14.7 Å². The zero-order chi connectivity index (χ0) is 20.8. The summed E-state index contributed by atoms with van der Waals surface area (Å²) in [5.41, 5.74) is 7.03. The molecule has 0 aliphatic rings. The van der Waals surface area contributed by atoms with Crippen molar-refractivity contribution in [1.29, 1.82) is 0 Å². The van der Waals surface area contributed by atoms with E-state index in [2.05, 4.69) is 56.7 Å². The summed E-state index contributed by atoms with van der Waals surface area (Å²) < 4.78 is 5.13. The first-order chi connectivity index (χ1) is 15.3. The summed E-state index contributed by atoms with van der Waals surface area (Å²) >= 11 is 1.68. The number of rotatable bonds is 4. The Hall–Kier alpha value is -3.97. The van der Waals surface area contributed by atoms with Crippen molar-refractivity contribution < 1.29 is 4.74 Å². The van der Waals surface area contributed by atoms with Crippen LogP contribution in [0.3, 0.4) is 0 Å². The van der Waals surface area contributed by atoms with Gasteiger partial charge in [-0.2, -0.15) is 0 Å². The van der Waals surface area contributed by atoms with E-state index < -0.39 is 0 Å². The SMILES string of the molecule is COc1ccc(-c2nc3ccc(-c4ccc5nc(-c6cccs6)[nH]c5c4)cc3[nH]2)cn1. The molecule has 31 heavy (non-hydrogen) atoms. The second-order valence-electron chi connectivity index (χ2n) is 7.20. The molecule has 0 radical (unpaired) electrons. The predicted molar refractivity (Wildman–Crippen MR) is 124 cm³/mol. The average molecular weight is 424 g/mol. The van der Waals surface area contributed by atoms with Gasteiger partial charge in [0.2, 0.25) is 5.88 Å². The van der Waals surface area contributed by atoms with Gasteiger partial charge in [-0.3, -0.25) is 0 Å². The minimum Gasteiger partial charge on any atom is -0.481 e. The Morgan fingerprint density at radius 2 is 1.45 bits per heavy atom. The van der Waals surface area contributed by atoms with Gasteiger partial charge in [-0.15, -0.1) is 11.3 Å². The van der Waals surface area contributed by atoms with Gasteiger partial charge in [0.25, 0.3) is 0 Å².